The molecule has 0 saturated heterocycles. The smallest absolute Gasteiger partial charge is 0.166 e. The molecule has 1 aromatic carbocycles. The first-order chi connectivity index (χ1) is 13.6. The Bertz CT molecular complexity index is 1060. The Balaban J connectivity index is 1.93. The summed E-state index contributed by atoms with van der Waals surface area (Å²) in [4.78, 5) is 0.388. The summed E-state index contributed by atoms with van der Waals surface area (Å²) in [6.07, 6.45) is 2.56. The van der Waals surface area contributed by atoms with Crippen molar-refractivity contribution in [2.75, 3.05) is 5.32 Å². The van der Waals surface area contributed by atoms with Crippen LogP contribution in [0.3, 0.4) is 0 Å². The van der Waals surface area contributed by atoms with Crippen molar-refractivity contribution in [2.24, 2.45) is 13.0 Å². The summed E-state index contributed by atoms with van der Waals surface area (Å²) in [5.41, 5.74) is 1.47. The molecule has 29 heavy (non-hydrogen) atoms. The zero-order chi connectivity index (χ0) is 21.3. The van der Waals surface area contributed by atoms with Crippen LogP contribution in [0.1, 0.15) is 49.7 Å². The molecule has 0 bridgehead atoms. The first kappa shape index (κ1) is 21.3. The van der Waals surface area contributed by atoms with E-state index in [0.29, 0.717) is 40.6 Å². The molecule has 1 aromatic heterocycles. The van der Waals surface area contributed by atoms with Crippen molar-refractivity contribution in [1.29, 1.82) is 10.0 Å². The van der Waals surface area contributed by atoms with Gasteiger partial charge in [-0.15, -0.1) is 0 Å². The van der Waals surface area contributed by atoms with Gasteiger partial charge in [-0.05, 0) is 48.9 Å². The van der Waals surface area contributed by atoms with Crippen LogP contribution in [0.5, 0.6) is 0 Å². The second-order valence-electron chi connectivity index (χ2n) is 7.86. The number of rotatable bonds is 5. The van der Waals surface area contributed by atoms with Gasteiger partial charge in [-0.25, -0.2) is 18.1 Å². The molecular formula is C20H26FN5O2S. The highest BCUT2D eigenvalue weighted by molar-refractivity contribution is 7.90. The maximum Gasteiger partial charge on any atom is 0.166 e. The number of hydrogen-bond acceptors (Lipinski definition) is 5. The summed E-state index contributed by atoms with van der Waals surface area (Å²) in [6, 6.07) is 5.66. The molecule has 0 fully saturated rings. The van der Waals surface area contributed by atoms with E-state index < -0.39 is 22.0 Å². The summed E-state index contributed by atoms with van der Waals surface area (Å²) in [6.45, 7) is 4.17. The normalized spacial score (nSPS) is 22.6. The van der Waals surface area contributed by atoms with Crippen LogP contribution < -0.4 is 10.0 Å². The number of nitrogens with zero attached hydrogens (tertiary/aromatic N) is 2. The highest BCUT2D eigenvalue weighted by atomic mass is 32.2. The number of nitriles is 1. The van der Waals surface area contributed by atoms with E-state index in [1.807, 2.05) is 0 Å². The molecule has 3 atom stereocenters. The number of nitrogens with one attached hydrogen (secondary N) is 3. The number of aliphatic hydroxyl groups is 1. The number of benzene rings is 1. The maximum atomic E-state index is 13.6. The van der Waals surface area contributed by atoms with Gasteiger partial charge in [0.2, 0.25) is 0 Å². The van der Waals surface area contributed by atoms with E-state index in [1.165, 1.54) is 12.1 Å². The van der Waals surface area contributed by atoms with E-state index in [9.17, 15) is 13.7 Å². The van der Waals surface area contributed by atoms with Crippen molar-refractivity contribution in [3.8, 4) is 6.07 Å². The van der Waals surface area contributed by atoms with Gasteiger partial charge in [-0.1, -0.05) is 13.8 Å². The van der Waals surface area contributed by atoms with E-state index >= 15 is 0 Å². The highest BCUT2D eigenvalue weighted by Gasteiger charge is 2.31. The van der Waals surface area contributed by atoms with Gasteiger partial charge in [0, 0.05) is 25.0 Å². The molecule has 1 aliphatic heterocycles. The second-order valence-corrected chi connectivity index (χ2v) is 9.65. The Morgan fingerprint density at radius 2 is 2.24 bits per heavy atom. The molecule has 3 rings (SSSR count). The average Bonchev–Trinajstić information content (AvgIpc) is 2.92. The van der Waals surface area contributed by atoms with Gasteiger partial charge in [0.1, 0.15) is 21.8 Å². The average molecular weight is 420 g/mol. The van der Waals surface area contributed by atoms with Gasteiger partial charge >= 0.3 is 0 Å². The molecule has 1 aliphatic rings. The number of hydrogen-bond donors (Lipinski definition) is 4. The summed E-state index contributed by atoms with van der Waals surface area (Å²) in [5.74, 6) is -0.220. The monoisotopic (exact) mass is 419 g/mol. The van der Waals surface area contributed by atoms with Crippen LogP contribution in [0, 0.1) is 27.8 Å². The number of aromatic nitrogens is 1. The zero-order valence-electron chi connectivity index (χ0n) is 16.7. The minimum atomic E-state index is -3.20. The molecule has 156 valence electrons. The van der Waals surface area contributed by atoms with Crippen molar-refractivity contribution in [3.05, 3.63) is 47.0 Å². The largest absolute Gasteiger partial charge is 0.368 e. The molecule has 9 heteroatoms. The molecule has 0 aliphatic carbocycles. The second kappa shape index (κ2) is 8.14. The lowest BCUT2D eigenvalue weighted by Gasteiger charge is -2.19. The van der Waals surface area contributed by atoms with Crippen molar-refractivity contribution >= 4 is 15.6 Å². The fraction of sp³-hybridized carbons (Fsp3) is 0.450. The van der Waals surface area contributed by atoms with Crippen molar-refractivity contribution in [1.82, 2.24) is 9.29 Å². The number of fused-ring (bicyclic) bond motifs is 1. The molecule has 2 aromatic rings. The quantitative estimate of drug-likeness (QED) is 0.556. The van der Waals surface area contributed by atoms with Crippen molar-refractivity contribution < 1.29 is 13.7 Å². The maximum absolute atomic E-state index is 13.6. The van der Waals surface area contributed by atoms with Crippen LogP contribution >= 0.6 is 0 Å². The third-order valence-corrected chi connectivity index (χ3v) is 6.72. The predicted molar refractivity (Wildman–Crippen MR) is 109 cm³/mol. The minimum absolute atomic E-state index is 0.0362. The molecule has 2 heterocycles. The Labute approximate surface area is 170 Å². The third kappa shape index (κ3) is 4.45. The van der Waals surface area contributed by atoms with Gasteiger partial charge in [0.15, 0.2) is 6.23 Å². The summed E-state index contributed by atoms with van der Waals surface area (Å²) in [5, 5.41) is 22.7. The number of aliphatic hydroxyl groups excluding tert-OH is 1. The van der Waals surface area contributed by atoms with Crippen LogP contribution in [-0.2, 0) is 23.4 Å². The van der Waals surface area contributed by atoms with E-state index in [1.54, 1.807) is 23.9 Å². The lowest BCUT2D eigenvalue weighted by Crippen LogP contribution is -2.33. The van der Waals surface area contributed by atoms with Crippen LogP contribution in [0.15, 0.2) is 29.3 Å². The topological polar surface area (TPSA) is 114 Å². The van der Waals surface area contributed by atoms with Gasteiger partial charge in [-0.2, -0.15) is 5.26 Å². The van der Waals surface area contributed by atoms with Gasteiger partial charge in [0.25, 0.3) is 0 Å². The summed E-state index contributed by atoms with van der Waals surface area (Å²) in [7, 11) is -1.48. The summed E-state index contributed by atoms with van der Waals surface area (Å²) >= 11 is 0. The van der Waals surface area contributed by atoms with Gasteiger partial charge < -0.3 is 15.0 Å². The number of aryl methyl sites for hydroxylation is 1. The fourth-order valence-corrected chi connectivity index (χ4v) is 5.53. The van der Waals surface area contributed by atoms with Crippen LogP contribution in [0.2, 0.25) is 0 Å². The lowest BCUT2D eigenvalue weighted by molar-refractivity contribution is 0.198. The molecule has 0 amide bonds. The number of anilines is 1. The molecule has 0 spiro atoms. The Hall–Kier alpha value is -2.41. The Morgan fingerprint density at radius 3 is 2.90 bits per heavy atom. The first-order valence-corrected chi connectivity index (χ1v) is 11.1. The standard InChI is InChI=1S/C20H26FN5O2S/c1-12(2)8-15-4-6-16-18(29(23,28)25-15)11-26(3)19(16)20(27)24-14-5-7-17(21)13(9-14)10-22/h5,7,9,11-12,15,20,24,27H,4,6,8H2,1-3H3,(H2,23,25,28)/t15-,20?,29?/m1/s1. The summed E-state index contributed by atoms with van der Waals surface area (Å²) < 4.78 is 39.7. The third-order valence-electron chi connectivity index (χ3n) is 5.09. The van der Waals surface area contributed by atoms with E-state index in [4.69, 9.17) is 10.0 Å². The van der Waals surface area contributed by atoms with Crippen LogP contribution in [0.4, 0.5) is 10.1 Å². The Kier molecular flexibility index (Phi) is 5.98. The van der Waals surface area contributed by atoms with Gasteiger partial charge in [0.05, 0.1) is 16.2 Å². The van der Waals surface area contributed by atoms with Crippen molar-refractivity contribution in [3.63, 3.8) is 0 Å². The molecule has 7 nitrogen and oxygen atoms in total. The lowest BCUT2D eigenvalue weighted by atomic mass is 9.98. The van der Waals surface area contributed by atoms with Crippen LogP contribution in [-0.4, -0.2) is 19.9 Å². The van der Waals surface area contributed by atoms with E-state index in [0.717, 1.165) is 12.5 Å². The van der Waals surface area contributed by atoms with Gasteiger partial charge in [-0.3, -0.25) is 0 Å². The Morgan fingerprint density at radius 1 is 1.52 bits per heavy atom. The fourth-order valence-electron chi connectivity index (χ4n) is 3.86. The number of halogens is 1. The van der Waals surface area contributed by atoms with E-state index in [-0.39, 0.29) is 11.6 Å². The molecule has 2 unspecified atom stereocenters. The predicted octanol–water partition coefficient (Wildman–Crippen LogP) is 3.41. The van der Waals surface area contributed by atoms with Crippen molar-refractivity contribution in [2.45, 2.75) is 50.3 Å². The molecule has 0 saturated carbocycles. The minimum Gasteiger partial charge on any atom is -0.368 e. The first-order valence-electron chi connectivity index (χ1n) is 9.50. The highest BCUT2D eigenvalue weighted by Crippen LogP contribution is 2.32. The molecule has 0 radical (unpaired) electrons. The molecule has 4 N–H and O–H groups in total. The zero-order valence-corrected chi connectivity index (χ0v) is 17.5. The van der Waals surface area contributed by atoms with Crippen LogP contribution in [0.25, 0.3) is 0 Å². The van der Waals surface area contributed by atoms with E-state index in [2.05, 4.69) is 23.9 Å². The molecular weight excluding hydrogens is 393 g/mol. The SMILES string of the molecule is CC(C)C[C@H]1CCc2c(cn(C)c2C(O)Nc2ccc(F)c(C#N)c2)S(=N)(=O)N1.